The van der Waals surface area contributed by atoms with Crippen LogP contribution in [0.25, 0.3) is 10.8 Å². The van der Waals surface area contributed by atoms with Crippen LogP contribution >= 0.6 is 0 Å². The summed E-state index contributed by atoms with van der Waals surface area (Å²) in [4.78, 5) is 11.5. The molecule has 0 unspecified atom stereocenters. The average molecular weight is 226 g/mol. The minimum Gasteiger partial charge on any atom is -0.486 e. The Kier molecular flexibility index (Phi) is 2.56. The fourth-order valence-corrected chi connectivity index (χ4v) is 1.93. The van der Waals surface area contributed by atoms with Crippen LogP contribution in [0.15, 0.2) is 42.5 Å². The first-order chi connectivity index (χ1) is 8.33. The molecule has 1 aliphatic rings. The predicted molar refractivity (Wildman–Crippen MR) is 67.2 cm³/mol. The Morgan fingerprint density at radius 3 is 2.65 bits per heavy atom. The van der Waals surface area contributed by atoms with E-state index in [1.54, 1.807) is 0 Å². The van der Waals surface area contributed by atoms with Crippen LogP contribution in [0.3, 0.4) is 0 Å². The zero-order chi connectivity index (χ0) is 11.7. The van der Waals surface area contributed by atoms with E-state index in [9.17, 15) is 4.79 Å². The van der Waals surface area contributed by atoms with Crippen molar-refractivity contribution in [2.24, 2.45) is 5.92 Å². The van der Waals surface area contributed by atoms with E-state index in [4.69, 9.17) is 4.74 Å². The first-order valence-corrected chi connectivity index (χ1v) is 5.97. The van der Waals surface area contributed by atoms with Crippen molar-refractivity contribution < 1.29 is 9.53 Å². The van der Waals surface area contributed by atoms with Crippen molar-refractivity contribution in [2.45, 2.75) is 12.8 Å². The third kappa shape index (κ3) is 2.31. The highest BCUT2D eigenvalue weighted by Gasteiger charge is 2.29. The fourth-order valence-electron chi connectivity index (χ4n) is 1.93. The summed E-state index contributed by atoms with van der Waals surface area (Å²) in [7, 11) is 0. The second-order valence-electron chi connectivity index (χ2n) is 4.54. The number of carbonyl (C=O) groups is 1. The molecule has 17 heavy (non-hydrogen) atoms. The van der Waals surface area contributed by atoms with Crippen molar-refractivity contribution in [3.05, 3.63) is 42.5 Å². The number of carbonyl (C=O) groups excluding carboxylic acids is 1. The summed E-state index contributed by atoms with van der Waals surface area (Å²) in [5, 5.41) is 2.33. The van der Waals surface area contributed by atoms with Crippen LogP contribution in [-0.2, 0) is 4.79 Å². The maximum absolute atomic E-state index is 11.5. The summed E-state index contributed by atoms with van der Waals surface area (Å²) in [6.07, 6.45) is 2.08. The van der Waals surface area contributed by atoms with E-state index >= 15 is 0 Å². The van der Waals surface area contributed by atoms with Crippen molar-refractivity contribution in [2.75, 3.05) is 6.61 Å². The van der Waals surface area contributed by atoms with Crippen molar-refractivity contribution in [3.63, 3.8) is 0 Å². The van der Waals surface area contributed by atoms with Gasteiger partial charge in [0.15, 0.2) is 5.78 Å². The number of ether oxygens (including phenoxy) is 1. The van der Waals surface area contributed by atoms with Gasteiger partial charge in [0, 0.05) is 5.92 Å². The van der Waals surface area contributed by atoms with Crippen LogP contribution in [-0.4, -0.2) is 12.4 Å². The molecule has 1 fully saturated rings. The summed E-state index contributed by atoms with van der Waals surface area (Å²) in [5.41, 5.74) is 0. The average Bonchev–Trinajstić information content (AvgIpc) is 3.20. The zero-order valence-corrected chi connectivity index (χ0v) is 9.56. The minimum atomic E-state index is 0.211. The Bertz CT molecular complexity index is 556. The minimum absolute atomic E-state index is 0.211. The Labute approximate surface area is 100 Å². The second-order valence-corrected chi connectivity index (χ2v) is 4.54. The quantitative estimate of drug-likeness (QED) is 0.800. The monoisotopic (exact) mass is 226 g/mol. The highest BCUT2D eigenvalue weighted by Crippen LogP contribution is 2.30. The Morgan fingerprint density at radius 1 is 1.12 bits per heavy atom. The molecule has 0 saturated heterocycles. The lowest BCUT2D eigenvalue weighted by Crippen LogP contribution is -2.12. The van der Waals surface area contributed by atoms with E-state index in [-0.39, 0.29) is 18.3 Å². The molecule has 0 bridgehead atoms. The van der Waals surface area contributed by atoms with Gasteiger partial charge < -0.3 is 4.74 Å². The number of hydrogen-bond acceptors (Lipinski definition) is 2. The van der Waals surface area contributed by atoms with Crippen LogP contribution < -0.4 is 4.74 Å². The zero-order valence-electron chi connectivity index (χ0n) is 9.56. The standard InChI is InChI=1S/C15H14O2/c16-15(12-5-6-12)10-17-14-8-7-11-3-1-2-4-13(11)9-14/h1-4,7-9,12H,5-6,10H2. The largest absolute Gasteiger partial charge is 0.486 e. The highest BCUT2D eigenvalue weighted by atomic mass is 16.5. The van der Waals surface area contributed by atoms with Gasteiger partial charge in [0.1, 0.15) is 12.4 Å². The number of ketones is 1. The molecular formula is C15H14O2. The van der Waals surface area contributed by atoms with E-state index in [0.29, 0.717) is 0 Å². The third-order valence-electron chi connectivity index (χ3n) is 3.13. The Balaban J connectivity index is 1.74. The van der Waals surface area contributed by atoms with E-state index in [1.165, 1.54) is 5.39 Å². The number of Topliss-reactive ketones (excluding diaryl/α,β-unsaturated/α-hetero) is 1. The van der Waals surface area contributed by atoms with Crippen molar-refractivity contribution in [3.8, 4) is 5.75 Å². The number of rotatable bonds is 4. The van der Waals surface area contributed by atoms with Gasteiger partial charge >= 0.3 is 0 Å². The molecule has 3 rings (SSSR count). The first kappa shape index (κ1) is 10.3. The Morgan fingerprint density at radius 2 is 1.88 bits per heavy atom. The normalized spacial score (nSPS) is 14.8. The molecular weight excluding hydrogens is 212 g/mol. The summed E-state index contributed by atoms with van der Waals surface area (Å²) in [5.74, 6) is 1.28. The fraction of sp³-hybridized carbons (Fsp3) is 0.267. The second kappa shape index (κ2) is 4.21. The van der Waals surface area contributed by atoms with Gasteiger partial charge in [-0.1, -0.05) is 30.3 Å². The molecule has 2 aromatic rings. The molecule has 0 radical (unpaired) electrons. The molecule has 0 heterocycles. The molecule has 0 amide bonds. The van der Waals surface area contributed by atoms with Gasteiger partial charge in [-0.15, -0.1) is 0 Å². The smallest absolute Gasteiger partial charge is 0.173 e. The lowest BCUT2D eigenvalue weighted by molar-refractivity contribution is -0.122. The lowest BCUT2D eigenvalue weighted by atomic mass is 10.1. The number of benzene rings is 2. The summed E-state index contributed by atoms with van der Waals surface area (Å²) in [6, 6.07) is 14.0. The summed E-state index contributed by atoms with van der Waals surface area (Å²) >= 11 is 0. The Hall–Kier alpha value is -1.83. The summed E-state index contributed by atoms with van der Waals surface area (Å²) < 4.78 is 5.53. The van der Waals surface area contributed by atoms with Crippen LogP contribution in [0.5, 0.6) is 5.75 Å². The SMILES string of the molecule is O=C(COc1ccc2ccccc2c1)C1CC1. The van der Waals surface area contributed by atoms with E-state index in [2.05, 4.69) is 6.07 Å². The molecule has 0 N–H and O–H groups in total. The number of hydrogen-bond donors (Lipinski definition) is 0. The van der Waals surface area contributed by atoms with Gasteiger partial charge in [-0.25, -0.2) is 0 Å². The molecule has 0 aromatic heterocycles. The molecule has 1 aliphatic carbocycles. The van der Waals surface area contributed by atoms with E-state index in [1.807, 2.05) is 36.4 Å². The van der Waals surface area contributed by atoms with Gasteiger partial charge in [0.25, 0.3) is 0 Å². The first-order valence-electron chi connectivity index (χ1n) is 5.97. The van der Waals surface area contributed by atoms with Gasteiger partial charge in [0.05, 0.1) is 0 Å². The third-order valence-corrected chi connectivity index (χ3v) is 3.13. The summed E-state index contributed by atoms with van der Waals surface area (Å²) in [6.45, 7) is 0.211. The highest BCUT2D eigenvalue weighted by molar-refractivity contribution is 5.85. The topological polar surface area (TPSA) is 26.3 Å². The van der Waals surface area contributed by atoms with Crippen LogP contribution in [0.4, 0.5) is 0 Å². The van der Waals surface area contributed by atoms with Crippen molar-refractivity contribution in [1.82, 2.24) is 0 Å². The van der Waals surface area contributed by atoms with Gasteiger partial charge in [-0.2, -0.15) is 0 Å². The van der Waals surface area contributed by atoms with Gasteiger partial charge in [0.2, 0.25) is 0 Å². The predicted octanol–water partition coefficient (Wildman–Crippen LogP) is 3.20. The van der Waals surface area contributed by atoms with E-state index < -0.39 is 0 Å². The van der Waals surface area contributed by atoms with Crippen molar-refractivity contribution in [1.29, 1.82) is 0 Å². The molecule has 0 aliphatic heterocycles. The van der Waals surface area contributed by atoms with Crippen LogP contribution in [0, 0.1) is 5.92 Å². The van der Waals surface area contributed by atoms with Crippen LogP contribution in [0.1, 0.15) is 12.8 Å². The molecule has 0 spiro atoms. The molecule has 0 atom stereocenters. The lowest BCUT2D eigenvalue weighted by Gasteiger charge is -2.06. The maximum Gasteiger partial charge on any atom is 0.173 e. The molecule has 86 valence electrons. The van der Waals surface area contributed by atoms with Gasteiger partial charge in [-0.3, -0.25) is 4.79 Å². The molecule has 2 aromatic carbocycles. The van der Waals surface area contributed by atoms with E-state index in [0.717, 1.165) is 24.0 Å². The molecule has 2 heteroatoms. The maximum atomic E-state index is 11.5. The molecule has 1 saturated carbocycles. The van der Waals surface area contributed by atoms with Crippen molar-refractivity contribution >= 4 is 16.6 Å². The van der Waals surface area contributed by atoms with Gasteiger partial charge in [-0.05, 0) is 35.7 Å². The van der Waals surface area contributed by atoms with Crippen LogP contribution in [0.2, 0.25) is 0 Å². The number of fused-ring (bicyclic) bond motifs is 1. The molecule has 2 nitrogen and oxygen atoms in total.